The average Bonchev–Trinajstić information content (AvgIpc) is 3.06. The smallest absolute Gasteiger partial charge is 0.311 e. The van der Waals surface area contributed by atoms with Crippen LogP contribution in [0.4, 0.5) is 0 Å². The molecule has 4 bridgehead atoms. The summed E-state index contributed by atoms with van der Waals surface area (Å²) in [4.78, 5) is 28.9. The summed E-state index contributed by atoms with van der Waals surface area (Å²) in [6, 6.07) is 3.64. The lowest BCUT2D eigenvalue weighted by Crippen LogP contribution is -2.51. The Morgan fingerprint density at radius 1 is 1.14 bits per heavy atom. The molecule has 2 aromatic rings. The van der Waals surface area contributed by atoms with Gasteiger partial charge in [-0.15, -0.1) is 0 Å². The highest BCUT2D eigenvalue weighted by molar-refractivity contribution is 5.94. The Labute approximate surface area is 171 Å². The lowest BCUT2D eigenvalue weighted by molar-refractivity contribution is -0.142. The van der Waals surface area contributed by atoms with Crippen LogP contribution in [-0.4, -0.2) is 34.4 Å². The summed E-state index contributed by atoms with van der Waals surface area (Å²) in [6.45, 7) is 2.95. The largest absolute Gasteiger partial charge is 0.466 e. The number of fused-ring (bicyclic) bond motifs is 1. The van der Waals surface area contributed by atoms with Crippen LogP contribution in [0.3, 0.4) is 0 Å². The van der Waals surface area contributed by atoms with Crippen molar-refractivity contribution in [1.29, 1.82) is 0 Å². The number of nitrogens with one attached hydrogen (secondary N) is 1. The van der Waals surface area contributed by atoms with Crippen molar-refractivity contribution in [2.24, 2.45) is 23.2 Å². The number of amides is 1. The van der Waals surface area contributed by atoms with Crippen molar-refractivity contribution in [3.05, 3.63) is 35.8 Å². The van der Waals surface area contributed by atoms with Gasteiger partial charge in [-0.3, -0.25) is 9.59 Å². The van der Waals surface area contributed by atoms with Gasteiger partial charge >= 0.3 is 5.97 Å². The molecule has 4 aliphatic carbocycles. The molecule has 29 heavy (non-hydrogen) atoms. The third-order valence-electron chi connectivity index (χ3n) is 7.18. The van der Waals surface area contributed by atoms with Crippen LogP contribution < -0.4 is 5.32 Å². The summed E-state index contributed by atoms with van der Waals surface area (Å²) >= 11 is 0. The summed E-state index contributed by atoms with van der Waals surface area (Å²) in [5.74, 6) is 2.35. The highest BCUT2D eigenvalue weighted by Crippen LogP contribution is 2.59. The minimum Gasteiger partial charge on any atom is -0.466 e. The molecule has 6 nitrogen and oxygen atoms in total. The molecule has 0 aliphatic heterocycles. The molecule has 4 saturated carbocycles. The molecule has 6 rings (SSSR count). The van der Waals surface area contributed by atoms with E-state index in [9.17, 15) is 9.59 Å². The van der Waals surface area contributed by atoms with Gasteiger partial charge in [-0.1, -0.05) is 0 Å². The second-order valence-corrected chi connectivity index (χ2v) is 9.50. The van der Waals surface area contributed by atoms with E-state index in [-0.39, 0.29) is 18.3 Å². The summed E-state index contributed by atoms with van der Waals surface area (Å²) < 4.78 is 6.80. The van der Waals surface area contributed by atoms with Gasteiger partial charge < -0.3 is 14.5 Å². The Morgan fingerprint density at radius 2 is 1.83 bits per heavy atom. The number of carbonyl (C=O) groups is 2. The van der Waals surface area contributed by atoms with E-state index >= 15 is 0 Å². The molecule has 0 spiro atoms. The molecule has 0 atom stereocenters. The number of hydrogen-bond acceptors (Lipinski definition) is 4. The first-order valence-electron chi connectivity index (χ1n) is 10.9. The van der Waals surface area contributed by atoms with E-state index in [1.807, 2.05) is 16.5 Å². The Hall–Kier alpha value is -2.37. The number of carbonyl (C=O) groups excluding carboxylic acids is 2. The number of pyridine rings is 1. The molecular formula is C23H29N3O3. The van der Waals surface area contributed by atoms with Gasteiger partial charge in [0.25, 0.3) is 5.91 Å². The van der Waals surface area contributed by atoms with Gasteiger partial charge in [-0.25, -0.2) is 4.98 Å². The summed E-state index contributed by atoms with van der Waals surface area (Å²) in [5.41, 5.74) is 2.33. The zero-order chi connectivity index (χ0) is 20.0. The van der Waals surface area contributed by atoms with Crippen molar-refractivity contribution in [3.8, 4) is 0 Å². The van der Waals surface area contributed by atoms with E-state index in [0.717, 1.165) is 29.9 Å². The first-order chi connectivity index (χ1) is 14.0. The Morgan fingerprint density at radius 3 is 2.48 bits per heavy atom. The normalized spacial score (nSPS) is 29.9. The third-order valence-corrected chi connectivity index (χ3v) is 7.18. The number of hydrogen-bond donors (Lipinski definition) is 1. The minimum atomic E-state index is -0.288. The molecule has 4 aliphatic rings. The molecule has 2 aromatic heterocycles. The van der Waals surface area contributed by atoms with Gasteiger partial charge in [0.2, 0.25) is 0 Å². The molecule has 0 unspecified atom stereocenters. The number of imidazole rings is 1. The van der Waals surface area contributed by atoms with Crippen LogP contribution in [-0.2, 0) is 16.0 Å². The second-order valence-electron chi connectivity index (χ2n) is 9.50. The standard InChI is InChI=1S/C23H29N3O3/c1-2-29-21(27)8-19-13-26-12-18(3-4-20(26)25-19)22(28)24-14-23-9-15-5-16(10-23)7-17(6-15)11-23/h3-4,12-13,15-17H,2,5-11,14H2,1H3,(H,24,28). The van der Waals surface area contributed by atoms with Crippen molar-refractivity contribution in [2.45, 2.75) is 51.9 Å². The number of nitrogens with zero attached hydrogens (tertiary/aromatic N) is 2. The van der Waals surface area contributed by atoms with E-state index < -0.39 is 0 Å². The van der Waals surface area contributed by atoms with Crippen LogP contribution in [0.1, 0.15) is 61.5 Å². The summed E-state index contributed by atoms with van der Waals surface area (Å²) in [5, 5.41) is 3.23. The minimum absolute atomic E-state index is 0.0247. The number of rotatable bonds is 6. The predicted molar refractivity (Wildman–Crippen MR) is 108 cm³/mol. The molecule has 1 N–H and O–H groups in total. The van der Waals surface area contributed by atoms with E-state index in [4.69, 9.17) is 4.74 Å². The number of aromatic nitrogens is 2. The maximum Gasteiger partial charge on any atom is 0.311 e. The molecule has 0 saturated heterocycles. The first-order valence-corrected chi connectivity index (χ1v) is 10.9. The maximum absolute atomic E-state index is 12.8. The van der Waals surface area contributed by atoms with Gasteiger partial charge in [0, 0.05) is 18.9 Å². The van der Waals surface area contributed by atoms with Crippen molar-refractivity contribution < 1.29 is 14.3 Å². The van der Waals surface area contributed by atoms with E-state index in [1.165, 1.54) is 38.5 Å². The Kier molecular flexibility index (Phi) is 4.60. The second kappa shape index (κ2) is 7.15. The van der Waals surface area contributed by atoms with Crippen LogP contribution in [0.25, 0.3) is 5.65 Å². The average molecular weight is 396 g/mol. The maximum atomic E-state index is 12.8. The fraction of sp³-hybridized carbons (Fsp3) is 0.609. The van der Waals surface area contributed by atoms with Gasteiger partial charge in [-0.05, 0) is 80.8 Å². The van der Waals surface area contributed by atoms with Crippen molar-refractivity contribution in [1.82, 2.24) is 14.7 Å². The molecule has 0 radical (unpaired) electrons. The molecular weight excluding hydrogens is 366 g/mol. The van der Waals surface area contributed by atoms with Gasteiger partial charge in [0.05, 0.1) is 24.3 Å². The molecule has 2 heterocycles. The quantitative estimate of drug-likeness (QED) is 0.761. The van der Waals surface area contributed by atoms with Crippen LogP contribution in [0.2, 0.25) is 0 Å². The van der Waals surface area contributed by atoms with E-state index in [2.05, 4.69) is 10.3 Å². The fourth-order valence-electron chi connectivity index (χ4n) is 6.50. The van der Waals surface area contributed by atoms with Crippen LogP contribution in [0, 0.1) is 23.2 Å². The topological polar surface area (TPSA) is 72.7 Å². The Balaban J connectivity index is 1.25. The number of ether oxygens (including phenoxy) is 1. The zero-order valence-electron chi connectivity index (χ0n) is 17.0. The first kappa shape index (κ1) is 18.6. The van der Waals surface area contributed by atoms with Crippen LogP contribution >= 0.6 is 0 Å². The zero-order valence-corrected chi connectivity index (χ0v) is 17.0. The number of esters is 1. The van der Waals surface area contributed by atoms with Gasteiger partial charge in [0.1, 0.15) is 5.65 Å². The molecule has 1 amide bonds. The highest BCUT2D eigenvalue weighted by Gasteiger charge is 2.50. The molecule has 4 fully saturated rings. The SMILES string of the molecule is CCOC(=O)Cc1cn2cc(C(=O)NCC34CC5CC(CC(C5)C3)C4)ccc2n1. The summed E-state index contributed by atoms with van der Waals surface area (Å²) in [6.07, 6.45) is 11.8. The van der Waals surface area contributed by atoms with E-state index in [0.29, 0.717) is 23.3 Å². The summed E-state index contributed by atoms with van der Waals surface area (Å²) in [7, 11) is 0. The van der Waals surface area contributed by atoms with Gasteiger partial charge in [0.15, 0.2) is 0 Å². The molecule has 154 valence electrons. The van der Waals surface area contributed by atoms with Crippen LogP contribution in [0.15, 0.2) is 24.5 Å². The molecule has 6 heteroatoms. The predicted octanol–water partition coefficient (Wildman–Crippen LogP) is 3.39. The van der Waals surface area contributed by atoms with Crippen molar-refractivity contribution in [3.63, 3.8) is 0 Å². The highest BCUT2D eigenvalue weighted by atomic mass is 16.5. The van der Waals surface area contributed by atoms with Crippen molar-refractivity contribution >= 4 is 17.5 Å². The third kappa shape index (κ3) is 3.65. The monoisotopic (exact) mass is 395 g/mol. The van der Waals surface area contributed by atoms with Gasteiger partial charge in [-0.2, -0.15) is 0 Å². The lowest BCUT2D eigenvalue weighted by Gasteiger charge is -2.56. The molecule has 0 aromatic carbocycles. The van der Waals surface area contributed by atoms with Crippen molar-refractivity contribution in [2.75, 3.05) is 13.2 Å². The van der Waals surface area contributed by atoms with Crippen LogP contribution in [0.5, 0.6) is 0 Å². The fourth-order valence-corrected chi connectivity index (χ4v) is 6.50. The Bertz CT molecular complexity index is 913. The lowest BCUT2D eigenvalue weighted by atomic mass is 9.49. The van der Waals surface area contributed by atoms with E-state index in [1.54, 1.807) is 19.3 Å².